The van der Waals surface area contributed by atoms with Crippen LogP contribution in [0.2, 0.25) is 0 Å². The number of pyridine rings is 1. The van der Waals surface area contributed by atoms with E-state index in [2.05, 4.69) is 10.3 Å². The summed E-state index contributed by atoms with van der Waals surface area (Å²) in [5.74, 6) is 0.603. The van der Waals surface area contributed by atoms with E-state index in [9.17, 15) is 9.18 Å². The van der Waals surface area contributed by atoms with Crippen molar-refractivity contribution in [3.8, 4) is 0 Å². The molecule has 0 unspecified atom stereocenters. The number of nitrogens with zero attached hydrogens (tertiary/aromatic N) is 2. The molecule has 0 radical (unpaired) electrons. The van der Waals surface area contributed by atoms with E-state index < -0.39 is 0 Å². The molecule has 1 saturated carbocycles. The smallest absolute Gasteiger partial charge is 0.226 e. The van der Waals surface area contributed by atoms with Crippen LogP contribution in [0, 0.1) is 11.2 Å². The average molecular weight is 289 g/mol. The lowest BCUT2D eigenvalue weighted by atomic mass is 9.92. The topological polar surface area (TPSA) is 46.4 Å². The number of carbonyl (C=O) groups is 1. The quantitative estimate of drug-likeness (QED) is 0.936. The maximum atomic E-state index is 13.5. The lowest BCUT2D eigenvalue weighted by Gasteiger charge is -2.17. The Balaban J connectivity index is 1.94. The number of fused-ring (bicyclic) bond motifs is 1. The SMILES string of the molecule is CC(C)(C)CC(=O)Nc1nc2ccc(F)cn2c1C1CC1. The third-order valence-corrected chi connectivity index (χ3v) is 3.53. The molecule has 2 heterocycles. The molecule has 0 atom stereocenters. The van der Waals surface area contributed by atoms with Gasteiger partial charge in [0.15, 0.2) is 5.82 Å². The lowest BCUT2D eigenvalue weighted by molar-refractivity contribution is -0.117. The fourth-order valence-corrected chi connectivity index (χ4v) is 2.53. The minimum Gasteiger partial charge on any atom is -0.309 e. The maximum Gasteiger partial charge on any atom is 0.226 e. The van der Waals surface area contributed by atoms with E-state index >= 15 is 0 Å². The van der Waals surface area contributed by atoms with Gasteiger partial charge in [0.25, 0.3) is 0 Å². The van der Waals surface area contributed by atoms with E-state index in [1.54, 1.807) is 10.5 Å². The Bertz CT molecular complexity index is 695. The van der Waals surface area contributed by atoms with Crippen molar-refractivity contribution in [2.75, 3.05) is 5.32 Å². The van der Waals surface area contributed by atoms with E-state index in [-0.39, 0.29) is 17.1 Å². The van der Waals surface area contributed by atoms with Crippen LogP contribution in [0.15, 0.2) is 18.3 Å². The molecular formula is C16H20FN3O. The van der Waals surface area contributed by atoms with Crippen molar-refractivity contribution in [2.45, 2.75) is 46.0 Å². The van der Waals surface area contributed by atoms with Gasteiger partial charge < -0.3 is 5.32 Å². The minimum atomic E-state index is -0.297. The second-order valence-electron chi connectivity index (χ2n) is 6.98. The Morgan fingerprint density at radius 2 is 2.14 bits per heavy atom. The van der Waals surface area contributed by atoms with Gasteiger partial charge in [0.2, 0.25) is 5.91 Å². The zero-order chi connectivity index (χ0) is 15.2. The van der Waals surface area contributed by atoms with E-state index in [1.165, 1.54) is 12.3 Å². The molecule has 1 amide bonds. The maximum absolute atomic E-state index is 13.5. The number of nitrogens with one attached hydrogen (secondary N) is 1. The van der Waals surface area contributed by atoms with Crippen LogP contribution >= 0.6 is 0 Å². The van der Waals surface area contributed by atoms with Gasteiger partial charge in [-0.05, 0) is 30.4 Å². The molecule has 1 aliphatic carbocycles. The number of hydrogen-bond donors (Lipinski definition) is 1. The van der Waals surface area contributed by atoms with Gasteiger partial charge in [0, 0.05) is 18.5 Å². The van der Waals surface area contributed by atoms with Crippen molar-refractivity contribution in [1.29, 1.82) is 0 Å². The van der Waals surface area contributed by atoms with Gasteiger partial charge >= 0.3 is 0 Å². The Hall–Kier alpha value is -1.91. The molecule has 1 fully saturated rings. The van der Waals surface area contributed by atoms with Gasteiger partial charge in [-0.15, -0.1) is 0 Å². The van der Waals surface area contributed by atoms with Crippen molar-refractivity contribution in [3.63, 3.8) is 0 Å². The summed E-state index contributed by atoms with van der Waals surface area (Å²) in [6.07, 6.45) is 3.99. The monoisotopic (exact) mass is 289 g/mol. The number of halogens is 1. The van der Waals surface area contributed by atoms with Crippen LogP contribution in [-0.2, 0) is 4.79 Å². The van der Waals surface area contributed by atoms with Crippen LogP contribution in [0.1, 0.15) is 51.6 Å². The van der Waals surface area contributed by atoms with Gasteiger partial charge in [-0.2, -0.15) is 0 Å². The summed E-state index contributed by atoms with van der Waals surface area (Å²) in [6.45, 7) is 6.06. The molecule has 0 aliphatic heterocycles. The second-order valence-corrected chi connectivity index (χ2v) is 6.98. The van der Waals surface area contributed by atoms with Gasteiger partial charge in [0.1, 0.15) is 11.5 Å². The molecule has 0 bridgehead atoms. The number of carbonyl (C=O) groups excluding carboxylic acids is 1. The van der Waals surface area contributed by atoms with E-state index in [1.807, 2.05) is 20.8 Å². The number of aromatic nitrogens is 2. The van der Waals surface area contributed by atoms with Crippen LogP contribution in [0.25, 0.3) is 5.65 Å². The van der Waals surface area contributed by atoms with Gasteiger partial charge in [-0.3, -0.25) is 9.20 Å². The number of hydrogen-bond acceptors (Lipinski definition) is 2. The lowest BCUT2D eigenvalue weighted by Crippen LogP contribution is -2.20. The number of imidazole rings is 1. The first-order chi connectivity index (χ1) is 9.83. The van der Waals surface area contributed by atoms with Gasteiger partial charge in [0.05, 0.1) is 5.69 Å². The zero-order valence-electron chi connectivity index (χ0n) is 12.6. The number of anilines is 1. The predicted octanol–water partition coefficient (Wildman–Crippen LogP) is 3.73. The molecule has 1 aliphatic rings. The molecule has 112 valence electrons. The highest BCUT2D eigenvalue weighted by atomic mass is 19.1. The molecule has 2 aromatic rings. The molecular weight excluding hydrogens is 269 g/mol. The second kappa shape index (κ2) is 4.83. The Kier molecular flexibility index (Phi) is 3.23. The zero-order valence-corrected chi connectivity index (χ0v) is 12.6. The van der Waals surface area contributed by atoms with Crippen molar-refractivity contribution in [2.24, 2.45) is 5.41 Å². The minimum absolute atomic E-state index is 0.0479. The van der Waals surface area contributed by atoms with Gasteiger partial charge in [-0.25, -0.2) is 9.37 Å². The van der Waals surface area contributed by atoms with Crippen molar-refractivity contribution < 1.29 is 9.18 Å². The Morgan fingerprint density at radius 1 is 1.43 bits per heavy atom. The van der Waals surface area contributed by atoms with E-state index in [0.29, 0.717) is 23.8 Å². The molecule has 3 rings (SSSR count). The summed E-state index contributed by atoms with van der Waals surface area (Å²) in [6, 6.07) is 3.03. The molecule has 2 aromatic heterocycles. The third-order valence-electron chi connectivity index (χ3n) is 3.53. The summed E-state index contributed by atoms with van der Waals surface area (Å²) in [4.78, 5) is 16.6. The molecule has 0 saturated heterocycles. The standard InChI is InChI=1S/C16H20FN3O/c1-16(2,3)8-13(21)19-15-14(10-4-5-10)20-9-11(17)6-7-12(20)18-15/h6-7,9-10H,4-5,8H2,1-3H3,(H,19,21). The third kappa shape index (κ3) is 3.06. The predicted molar refractivity (Wildman–Crippen MR) is 79.8 cm³/mol. The van der Waals surface area contributed by atoms with Crippen LogP contribution < -0.4 is 5.32 Å². The molecule has 21 heavy (non-hydrogen) atoms. The number of amides is 1. The summed E-state index contributed by atoms with van der Waals surface area (Å²) in [7, 11) is 0. The van der Waals surface area contributed by atoms with E-state index in [0.717, 1.165) is 18.5 Å². The Labute approximate surface area is 123 Å². The highest BCUT2D eigenvalue weighted by Gasteiger charge is 2.31. The van der Waals surface area contributed by atoms with Crippen LogP contribution in [0.3, 0.4) is 0 Å². The summed E-state index contributed by atoms with van der Waals surface area (Å²) >= 11 is 0. The summed E-state index contributed by atoms with van der Waals surface area (Å²) in [5, 5.41) is 2.90. The number of rotatable bonds is 3. The first-order valence-electron chi connectivity index (χ1n) is 7.31. The highest BCUT2D eigenvalue weighted by molar-refractivity contribution is 5.91. The van der Waals surface area contributed by atoms with Gasteiger partial charge in [-0.1, -0.05) is 20.8 Å². The van der Waals surface area contributed by atoms with Crippen LogP contribution in [0.4, 0.5) is 10.2 Å². The summed E-state index contributed by atoms with van der Waals surface area (Å²) < 4.78 is 15.2. The van der Waals surface area contributed by atoms with Crippen LogP contribution in [-0.4, -0.2) is 15.3 Å². The normalized spacial score (nSPS) is 15.4. The average Bonchev–Trinajstić information content (AvgIpc) is 3.10. The van der Waals surface area contributed by atoms with Crippen molar-refractivity contribution >= 4 is 17.4 Å². The van der Waals surface area contributed by atoms with Crippen molar-refractivity contribution in [1.82, 2.24) is 9.38 Å². The molecule has 5 heteroatoms. The fourth-order valence-electron chi connectivity index (χ4n) is 2.53. The first kappa shape index (κ1) is 14.0. The summed E-state index contributed by atoms with van der Waals surface area (Å²) in [5.41, 5.74) is 1.52. The highest BCUT2D eigenvalue weighted by Crippen LogP contribution is 2.43. The first-order valence-corrected chi connectivity index (χ1v) is 7.31. The van der Waals surface area contributed by atoms with Crippen molar-refractivity contribution in [3.05, 3.63) is 29.8 Å². The Morgan fingerprint density at radius 3 is 2.76 bits per heavy atom. The van der Waals surface area contributed by atoms with Crippen LogP contribution in [0.5, 0.6) is 0 Å². The molecule has 4 nitrogen and oxygen atoms in total. The largest absolute Gasteiger partial charge is 0.309 e. The molecule has 1 N–H and O–H groups in total. The van der Waals surface area contributed by atoms with E-state index in [4.69, 9.17) is 0 Å². The fraction of sp³-hybridized carbons (Fsp3) is 0.500. The molecule has 0 aromatic carbocycles. The molecule has 0 spiro atoms.